The SMILES string of the molecule is CC(C)[C@H](CC[C@@H](C)[C@H]1CC[C@H]2[C@@H]3CC=C4C[C@@H](O)CC[C@]4(C)[C@H]3CC[C@]12C)OC(=O)[C@H](C)N. The van der Waals surface area contributed by atoms with Crippen LogP contribution in [0.25, 0.3) is 0 Å². The Morgan fingerprint density at radius 3 is 2.50 bits per heavy atom. The summed E-state index contributed by atoms with van der Waals surface area (Å²) in [5.74, 6) is 3.90. The summed E-state index contributed by atoms with van der Waals surface area (Å²) in [6.45, 7) is 13.6. The van der Waals surface area contributed by atoms with Crippen molar-refractivity contribution in [1.82, 2.24) is 0 Å². The van der Waals surface area contributed by atoms with Gasteiger partial charge < -0.3 is 15.6 Å². The van der Waals surface area contributed by atoms with E-state index in [-0.39, 0.29) is 18.2 Å². The van der Waals surface area contributed by atoms with Gasteiger partial charge in [-0.05, 0) is 117 Å². The molecule has 0 heterocycles. The number of esters is 1. The smallest absolute Gasteiger partial charge is 0.322 e. The molecule has 3 fully saturated rings. The van der Waals surface area contributed by atoms with Crippen LogP contribution >= 0.6 is 0 Å². The number of aliphatic hydroxyl groups excluding tert-OH is 1. The molecule has 0 unspecified atom stereocenters. The van der Waals surface area contributed by atoms with E-state index >= 15 is 0 Å². The third kappa shape index (κ3) is 4.63. The largest absolute Gasteiger partial charge is 0.461 e. The zero-order valence-corrected chi connectivity index (χ0v) is 22.7. The summed E-state index contributed by atoms with van der Waals surface area (Å²) in [5.41, 5.74) is 8.08. The van der Waals surface area contributed by atoms with Crippen molar-refractivity contribution in [3.8, 4) is 0 Å². The van der Waals surface area contributed by atoms with E-state index in [0.29, 0.717) is 22.7 Å². The van der Waals surface area contributed by atoms with Crippen LogP contribution in [0, 0.1) is 46.3 Å². The van der Waals surface area contributed by atoms with E-state index in [1.165, 1.54) is 38.5 Å². The number of carbonyl (C=O) groups excluding carboxylic acids is 1. The lowest BCUT2D eigenvalue weighted by atomic mass is 9.47. The van der Waals surface area contributed by atoms with Gasteiger partial charge in [0, 0.05) is 0 Å². The predicted molar refractivity (Wildman–Crippen MR) is 138 cm³/mol. The first-order chi connectivity index (χ1) is 16.0. The number of rotatable bonds is 7. The quantitative estimate of drug-likeness (QED) is 0.338. The molecule has 0 bridgehead atoms. The zero-order valence-electron chi connectivity index (χ0n) is 22.7. The van der Waals surface area contributed by atoms with Gasteiger partial charge in [0.1, 0.15) is 12.1 Å². The first-order valence-corrected chi connectivity index (χ1v) is 14.3. The molecule has 3 saturated carbocycles. The Bertz CT molecular complexity index is 775. The van der Waals surface area contributed by atoms with Crippen LogP contribution in [0.2, 0.25) is 0 Å². The fourth-order valence-electron chi connectivity index (χ4n) is 9.03. The molecule has 194 valence electrons. The molecule has 34 heavy (non-hydrogen) atoms. The van der Waals surface area contributed by atoms with E-state index in [1.54, 1.807) is 12.5 Å². The molecular formula is C30H51NO3. The van der Waals surface area contributed by atoms with Crippen LogP contribution in [0.4, 0.5) is 0 Å². The van der Waals surface area contributed by atoms with E-state index in [0.717, 1.165) is 49.4 Å². The highest BCUT2D eigenvalue weighted by Gasteiger charge is 2.59. The van der Waals surface area contributed by atoms with Crippen LogP contribution in [-0.4, -0.2) is 29.3 Å². The number of hydrogen-bond acceptors (Lipinski definition) is 4. The molecule has 4 nitrogen and oxygen atoms in total. The average Bonchev–Trinajstić information content (AvgIpc) is 3.13. The van der Waals surface area contributed by atoms with Crippen LogP contribution in [0.15, 0.2) is 11.6 Å². The lowest BCUT2D eigenvalue weighted by Crippen LogP contribution is -2.50. The summed E-state index contributed by atoms with van der Waals surface area (Å²) in [7, 11) is 0. The van der Waals surface area contributed by atoms with Crippen LogP contribution in [0.5, 0.6) is 0 Å². The summed E-state index contributed by atoms with van der Waals surface area (Å²) >= 11 is 0. The predicted octanol–water partition coefficient (Wildman–Crippen LogP) is 6.26. The van der Waals surface area contributed by atoms with Gasteiger partial charge in [0.25, 0.3) is 0 Å². The number of aliphatic hydroxyl groups is 1. The van der Waals surface area contributed by atoms with Gasteiger partial charge in [-0.2, -0.15) is 0 Å². The summed E-state index contributed by atoms with van der Waals surface area (Å²) in [5, 5.41) is 10.3. The van der Waals surface area contributed by atoms with Gasteiger partial charge in [-0.1, -0.05) is 46.3 Å². The van der Waals surface area contributed by atoms with Crippen molar-refractivity contribution in [2.45, 2.75) is 124 Å². The summed E-state index contributed by atoms with van der Waals surface area (Å²) < 4.78 is 5.77. The molecule has 4 aliphatic rings. The van der Waals surface area contributed by atoms with Crippen LogP contribution in [-0.2, 0) is 9.53 Å². The molecule has 4 aliphatic carbocycles. The van der Waals surface area contributed by atoms with Crippen molar-refractivity contribution in [1.29, 1.82) is 0 Å². The second kappa shape index (κ2) is 9.88. The molecule has 0 aromatic heterocycles. The molecule has 0 spiro atoms. The minimum atomic E-state index is -0.553. The Labute approximate surface area is 208 Å². The Hall–Kier alpha value is -0.870. The molecule has 0 amide bonds. The highest BCUT2D eigenvalue weighted by molar-refractivity contribution is 5.75. The topological polar surface area (TPSA) is 72.5 Å². The first kappa shape index (κ1) is 26.2. The molecule has 4 rings (SSSR count). The normalized spacial score (nSPS) is 42.1. The molecule has 0 aromatic carbocycles. The zero-order chi connectivity index (χ0) is 24.8. The average molecular weight is 474 g/mol. The van der Waals surface area contributed by atoms with Gasteiger partial charge in [0.2, 0.25) is 0 Å². The van der Waals surface area contributed by atoms with Crippen molar-refractivity contribution in [2.24, 2.45) is 52.1 Å². The van der Waals surface area contributed by atoms with E-state index in [1.807, 2.05) is 0 Å². The fourth-order valence-corrected chi connectivity index (χ4v) is 9.03. The molecule has 0 aliphatic heterocycles. The first-order valence-electron chi connectivity index (χ1n) is 14.3. The number of hydrogen-bond donors (Lipinski definition) is 2. The molecule has 0 radical (unpaired) electrons. The third-order valence-electron chi connectivity index (χ3n) is 11.1. The number of nitrogens with two attached hydrogens (primary N) is 1. The summed E-state index contributed by atoms with van der Waals surface area (Å²) in [6, 6.07) is -0.553. The van der Waals surface area contributed by atoms with Gasteiger partial charge in [-0.15, -0.1) is 0 Å². The standard InChI is InChI=1S/C30H51NO3/c1-18(2)27(34-28(33)20(4)31)12-7-19(3)24-10-11-25-23-9-8-21-17-22(32)13-15-29(21,5)26(23)14-16-30(24,25)6/h8,18-20,22-27,32H,7,9-17,31H2,1-6H3/t19-,20+,22+,23+,24-,25+,26+,27+,29+,30-/m1/s1. The van der Waals surface area contributed by atoms with E-state index in [9.17, 15) is 9.90 Å². The van der Waals surface area contributed by atoms with Crippen molar-refractivity contribution < 1.29 is 14.6 Å². The second-order valence-corrected chi connectivity index (χ2v) is 13.4. The van der Waals surface area contributed by atoms with Gasteiger partial charge in [0.15, 0.2) is 0 Å². The Kier molecular flexibility index (Phi) is 7.62. The summed E-state index contributed by atoms with van der Waals surface area (Å²) in [6.07, 6.45) is 14.2. The van der Waals surface area contributed by atoms with Crippen LogP contribution in [0.3, 0.4) is 0 Å². The van der Waals surface area contributed by atoms with Crippen molar-refractivity contribution in [3.63, 3.8) is 0 Å². The number of fused-ring (bicyclic) bond motifs is 5. The second-order valence-electron chi connectivity index (χ2n) is 13.4. The minimum absolute atomic E-state index is 0.0369. The maximum absolute atomic E-state index is 12.1. The van der Waals surface area contributed by atoms with Crippen molar-refractivity contribution >= 4 is 5.97 Å². The van der Waals surface area contributed by atoms with E-state index in [2.05, 4.69) is 40.7 Å². The Morgan fingerprint density at radius 1 is 1.09 bits per heavy atom. The molecule has 4 heteroatoms. The maximum atomic E-state index is 12.1. The van der Waals surface area contributed by atoms with Gasteiger partial charge in [-0.25, -0.2) is 0 Å². The number of allylic oxidation sites excluding steroid dienone is 1. The van der Waals surface area contributed by atoms with E-state index in [4.69, 9.17) is 10.5 Å². The Morgan fingerprint density at radius 2 is 1.82 bits per heavy atom. The monoisotopic (exact) mass is 473 g/mol. The van der Waals surface area contributed by atoms with Crippen LogP contribution < -0.4 is 5.73 Å². The summed E-state index contributed by atoms with van der Waals surface area (Å²) in [4.78, 5) is 12.1. The highest BCUT2D eigenvalue weighted by Crippen LogP contribution is 2.67. The van der Waals surface area contributed by atoms with Gasteiger partial charge >= 0.3 is 5.97 Å². The van der Waals surface area contributed by atoms with Crippen molar-refractivity contribution in [3.05, 3.63) is 11.6 Å². The fraction of sp³-hybridized carbons (Fsp3) is 0.900. The lowest BCUT2D eigenvalue weighted by molar-refractivity contribution is -0.153. The number of carbonyl (C=O) groups is 1. The molecule has 0 aromatic rings. The van der Waals surface area contributed by atoms with Crippen molar-refractivity contribution in [2.75, 3.05) is 0 Å². The molecule has 0 saturated heterocycles. The molecule has 10 atom stereocenters. The minimum Gasteiger partial charge on any atom is -0.461 e. The lowest BCUT2D eigenvalue weighted by Gasteiger charge is -2.58. The van der Waals surface area contributed by atoms with Gasteiger partial charge in [-0.3, -0.25) is 4.79 Å². The van der Waals surface area contributed by atoms with Crippen LogP contribution in [0.1, 0.15) is 106 Å². The highest BCUT2D eigenvalue weighted by atomic mass is 16.5. The maximum Gasteiger partial charge on any atom is 0.322 e. The Balaban J connectivity index is 1.43. The molecular weight excluding hydrogens is 422 g/mol. The number of ether oxygens (including phenoxy) is 1. The third-order valence-corrected chi connectivity index (χ3v) is 11.1. The van der Waals surface area contributed by atoms with Gasteiger partial charge in [0.05, 0.1) is 6.10 Å². The van der Waals surface area contributed by atoms with E-state index < -0.39 is 6.04 Å². The molecule has 3 N–H and O–H groups in total.